The molecule has 1 saturated carbocycles. The third-order valence-corrected chi connectivity index (χ3v) is 5.24. The number of amides is 1. The standard InChI is InChI=1S/C18H23N3O4/c22-15(13-5-9-23-11-13)20-18(7-3-1-2-4-8-18)17-19-16(25-21-17)14-6-10-24-12-14/h5,9,11,14H,1-4,6-8,10,12H2,(H,20,22)/t14-/m0/s1. The van der Waals surface area contributed by atoms with Crippen LogP contribution in [0.4, 0.5) is 0 Å². The lowest BCUT2D eigenvalue weighted by Crippen LogP contribution is -2.46. The Morgan fingerprint density at radius 3 is 2.76 bits per heavy atom. The Bertz CT molecular complexity index is 696. The quantitative estimate of drug-likeness (QED) is 0.856. The molecule has 2 aromatic rings. The Balaban J connectivity index is 1.62. The topological polar surface area (TPSA) is 90.4 Å². The maximum atomic E-state index is 12.7. The summed E-state index contributed by atoms with van der Waals surface area (Å²) in [5, 5.41) is 7.43. The first kappa shape index (κ1) is 16.3. The fourth-order valence-electron chi connectivity index (χ4n) is 3.74. The van der Waals surface area contributed by atoms with Crippen LogP contribution in [-0.2, 0) is 10.3 Å². The second-order valence-corrected chi connectivity index (χ2v) is 6.98. The summed E-state index contributed by atoms with van der Waals surface area (Å²) in [6.45, 7) is 1.35. The fourth-order valence-corrected chi connectivity index (χ4v) is 3.74. The number of furan rings is 1. The van der Waals surface area contributed by atoms with Crippen molar-refractivity contribution in [1.82, 2.24) is 15.5 Å². The summed E-state index contributed by atoms with van der Waals surface area (Å²) in [6, 6.07) is 1.66. The van der Waals surface area contributed by atoms with Gasteiger partial charge in [-0.05, 0) is 25.3 Å². The number of aromatic nitrogens is 2. The van der Waals surface area contributed by atoms with Gasteiger partial charge in [0.1, 0.15) is 11.8 Å². The van der Waals surface area contributed by atoms with Crippen molar-refractivity contribution >= 4 is 5.91 Å². The lowest BCUT2D eigenvalue weighted by atomic mass is 9.88. The van der Waals surface area contributed by atoms with Gasteiger partial charge in [0.2, 0.25) is 5.89 Å². The van der Waals surface area contributed by atoms with Crippen LogP contribution in [0.15, 0.2) is 27.5 Å². The van der Waals surface area contributed by atoms with Crippen molar-refractivity contribution < 1.29 is 18.5 Å². The average molecular weight is 345 g/mol. The molecule has 2 aliphatic rings. The molecule has 1 amide bonds. The van der Waals surface area contributed by atoms with Gasteiger partial charge in [0, 0.05) is 6.61 Å². The van der Waals surface area contributed by atoms with Crippen LogP contribution >= 0.6 is 0 Å². The second-order valence-electron chi connectivity index (χ2n) is 6.98. The van der Waals surface area contributed by atoms with Crippen LogP contribution in [0.25, 0.3) is 0 Å². The molecule has 0 aromatic carbocycles. The van der Waals surface area contributed by atoms with Crippen LogP contribution in [0.5, 0.6) is 0 Å². The van der Waals surface area contributed by atoms with Crippen LogP contribution in [0.1, 0.15) is 72.9 Å². The minimum absolute atomic E-state index is 0.161. The van der Waals surface area contributed by atoms with Gasteiger partial charge in [0.05, 0.1) is 24.4 Å². The first-order chi connectivity index (χ1) is 12.3. The molecule has 25 heavy (non-hydrogen) atoms. The van der Waals surface area contributed by atoms with Crippen molar-refractivity contribution in [3.8, 4) is 0 Å². The molecule has 2 aromatic heterocycles. The predicted molar refractivity (Wildman–Crippen MR) is 88.0 cm³/mol. The smallest absolute Gasteiger partial charge is 0.255 e. The number of nitrogens with one attached hydrogen (secondary N) is 1. The Kier molecular flexibility index (Phi) is 4.57. The number of carbonyl (C=O) groups excluding carboxylic acids is 1. The minimum atomic E-state index is -0.577. The van der Waals surface area contributed by atoms with Crippen LogP contribution in [-0.4, -0.2) is 29.3 Å². The molecule has 1 saturated heterocycles. The molecule has 3 heterocycles. The fraction of sp³-hybridized carbons (Fsp3) is 0.611. The summed E-state index contributed by atoms with van der Waals surface area (Å²) in [4.78, 5) is 17.3. The molecule has 0 unspecified atom stereocenters. The summed E-state index contributed by atoms with van der Waals surface area (Å²) in [5.74, 6) is 1.21. The summed E-state index contributed by atoms with van der Waals surface area (Å²) < 4.78 is 16.0. The molecule has 0 bridgehead atoms. The van der Waals surface area contributed by atoms with E-state index in [9.17, 15) is 4.79 Å². The zero-order valence-electron chi connectivity index (χ0n) is 14.2. The highest BCUT2D eigenvalue weighted by molar-refractivity contribution is 5.94. The van der Waals surface area contributed by atoms with E-state index < -0.39 is 5.54 Å². The number of hydrogen-bond donors (Lipinski definition) is 1. The first-order valence-corrected chi connectivity index (χ1v) is 9.03. The number of ether oxygens (including phenoxy) is 1. The molecule has 134 valence electrons. The van der Waals surface area contributed by atoms with Gasteiger partial charge < -0.3 is 19.0 Å². The summed E-state index contributed by atoms with van der Waals surface area (Å²) in [5.41, 5.74) is -0.0666. The molecule has 7 nitrogen and oxygen atoms in total. The van der Waals surface area contributed by atoms with Crippen LogP contribution in [0.2, 0.25) is 0 Å². The molecule has 1 aliphatic carbocycles. The molecular weight excluding hydrogens is 322 g/mol. The van der Waals surface area contributed by atoms with E-state index in [0.29, 0.717) is 23.9 Å². The molecule has 2 fully saturated rings. The van der Waals surface area contributed by atoms with Crippen molar-refractivity contribution in [3.05, 3.63) is 35.9 Å². The van der Waals surface area contributed by atoms with Gasteiger partial charge in [0.15, 0.2) is 5.82 Å². The second kappa shape index (κ2) is 7.00. The summed E-state index contributed by atoms with van der Waals surface area (Å²) >= 11 is 0. The van der Waals surface area contributed by atoms with Crippen molar-refractivity contribution in [2.45, 2.75) is 56.4 Å². The van der Waals surface area contributed by atoms with Gasteiger partial charge in [-0.2, -0.15) is 4.98 Å². The van der Waals surface area contributed by atoms with Crippen molar-refractivity contribution in [1.29, 1.82) is 0 Å². The largest absolute Gasteiger partial charge is 0.472 e. The number of hydrogen-bond acceptors (Lipinski definition) is 6. The highest BCUT2D eigenvalue weighted by Crippen LogP contribution is 2.36. The van der Waals surface area contributed by atoms with E-state index in [2.05, 4.69) is 15.5 Å². The third kappa shape index (κ3) is 3.33. The highest BCUT2D eigenvalue weighted by atomic mass is 16.5. The molecular formula is C18H23N3O4. The maximum Gasteiger partial charge on any atom is 0.255 e. The van der Waals surface area contributed by atoms with Gasteiger partial charge in [0.25, 0.3) is 5.91 Å². The number of nitrogens with zero attached hydrogens (tertiary/aromatic N) is 2. The maximum absolute atomic E-state index is 12.7. The molecule has 4 rings (SSSR count). The van der Waals surface area contributed by atoms with Gasteiger partial charge in [-0.3, -0.25) is 4.79 Å². The van der Waals surface area contributed by atoms with Crippen molar-refractivity contribution in [2.75, 3.05) is 13.2 Å². The normalized spacial score (nSPS) is 23.3. The van der Waals surface area contributed by atoms with Crippen molar-refractivity contribution in [2.24, 2.45) is 0 Å². The molecule has 1 N–H and O–H groups in total. The van der Waals surface area contributed by atoms with E-state index in [1.54, 1.807) is 6.07 Å². The monoisotopic (exact) mass is 345 g/mol. The van der Waals surface area contributed by atoms with E-state index in [1.807, 2.05) is 0 Å². The average Bonchev–Trinajstić information content (AvgIpc) is 3.36. The Hall–Kier alpha value is -2.15. The van der Waals surface area contributed by atoms with Crippen molar-refractivity contribution in [3.63, 3.8) is 0 Å². The van der Waals surface area contributed by atoms with E-state index in [0.717, 1.165) is 51.6 Å². The van der Waals surface area contributed by atoms with E-state index in [4.69, 9.17) is 13.7 Å². The molecule has 1 atom stereocenters. The Labute approximate surface area is 146 Å². The zero-order chi connectivity index (χ0) is 17.1. The Morgan fingerprint density at radius 2 is 2.08 bits per heavy atom. The highest BCUT2D eigenvalue weighted by Gasteiger charge is 2.40. The van der Waals surface area contributed by atoms with E-state index in [1.165, 1.54) is 12.5 Å². The third-order valence-electron chi connectivity index (χ3n) is 5.24. The van der Waals surface area contributed by atoms with Crippen LogP contribution in [0.3, 0.4) is 0 Å². The molecule has 0 radical (unpaired) electrons. The molecule has 7 heteroatoms. The lowest BCUT2D eigenvalue weighted by molar-refractivity contribution is 0.0876. The lowest BCUT2D eigenvalue weighted by Gasteiger charge is -2.30. The van der Waals surface area contributed by atoms with Crippen LogP contribution < -0.4 is 5.32 Å². The number of rotatable bonds is 4. The summed E-state index contributed by atoms with van der Waals surface area (Å²) in [6.07, 6.45) is 9.86. The van der Waals surface area contributed by atoms with Gasteiger partial charge in [-0.15, -0.1) is 0 Å². The summed E-state index contributed by atoms with van der Waals surface area (Å²) in [7, 11) is 0. The number of carbonyl (C=O) groups is 1. The zero-order valence-corrected chi connectivity index (χ0v) is 14.2. The Morgan fingerprint density at radius 1 is 1.24 bits per heavy atom. The van der Waals surface area contributed by atoms with E-state index in [-0.39, 0.29) is 11.8 Å². The first-order valence-electron chi connectivity index (χ1n) is 9.03. The molecule has 1 aliphatic heterocycles. The van der Waals surface area contributed by atoms with Gasteiger partial charge in [-0.25, -0.2) is 0 Å². The van der Waals surface area contributed by atoms with Gasteiger partial charge >= 0.3 is 0 Å². The van der Waals surface area contributed by atoms with Crippen LogP contribution in [0, 0.1) is 0 Å². The van der Waals surface area contributed by atoms with E-state index >= 15 is 0 Å². The van der Waals surface area contributed by atoms with Gasteiger partial charge in [-0.1, -0.05) is 30.8 Å². The molecule has 0 spiro atoms. The minimum Gasteiger partial charge on any atom is -0.472 e. The SMILES string of the molecule is O=C(NC1(c2noc([C@H]3CCOC3)n2)CCCCCC1)c1ccoc1. The predicted octanol–water partition coefficient (Wildman–Crippen LogP) is 3.15.